The van der Waals surface area contributed by atoms with Gasteiger partial charge >= 0.3 is 0 Å². The van der Waals surface area contributed by atoms with Crippen molar-refractivity contribution in [2.45, 2.75) is 6.92 Å². The Hall–Kier alpha value is -1.56. The Kier molecular flexibility index (Phi) is 3.68. The fraction of sp³-hybridized carbons (Fsp3) is 0.111. The van der Waals surface area contributed by atoms with Gasteiger partial charge in [-0.3, -0.25) is 5.43 Å². The summed E-state index contributed by atoms with van der Waals surface area (Å²) in [5, 5.41) is 3.41. The number of hydrogen-bond acceptors (Lipinski definition) is 2. The lowest BCUT2D eigenvalue weighted by atomic mass is 10.1. The van der Waals surface area contributed by atoms with Gasteiger partial charge in [0, 0.05) is 0 Å². The summed E-state index contributed by atoms with van der Waals surface area (Å²) in [4.78, 5) is 0. The normalized spacial score (nSPS) is 10.6. The molecule has 0 spiro atoms. The molecule has 0 aromatic heterocycles. The quantitative estimate of drug-likeness (QED) is 0.458. The van der Waals surface area contributed by atoms with Gasteiger partial charge in [0.1, 0.15) is 11.6 Å². The first-order valence-electron chi connectivity index (χ1n) is 4.05. The van der Waals surface area contributed by atoms with E-state index in [2.05, 4.69) is 22.7 Å². The number of hydrogen-bond donors (Lipinski definition) is 2. The predicted molar refractivity (Wildman–Crippen MR) is 58.6 cm³/mol. The van der Waals surface area contributed by atoms with Gasteiger partial charge in [-0.05, 0) is 30.8 Å². The first-order chi connectivity index (χ1) is 7.02. The summed E-state index contributed by atoms with van der Waals surface area (Å²) in [7, 11) is 0. The second kappa shape index (κ2) is 4.79. The number of hydrazone groups is 1. The molecule has 3 N–H and O–H groups in total. The molecule has 0 radical (unpaired) electrons. The van der Waals surface area contributed by atoms with Crippen LogP contribution >= 0.6 is 12.2 Å². The van der Waals surface area contributed by atoms with Crippen LogP contribution in [0.5, 0.6) is 0 Å². The van der Waals surface area contributed by atoms with Gasteiger partial charge in [0.2, 0.25) is 0 Å². The van der Waals surface area contributed by atoms with Gasteiger partial charge in [-0.25, -0.2) is 8.78 Å². The molecule has 1 aromatic rings. The average Bonchev–Trinajstić information content (AvgIpc) is 2.17. The minimum atomic E-state index is -0.688. The van der Waals surface area contributed by atoms with Crippen LogP contribution in [0.1, 0.15) is 11.1 Å². The van der Waals surface area contributed by atoms with Crippen molar-refractivity contribution in [2.24, 2.45) is 10.8 Å². The van der Waals surface area contributed by atoms with Gasteiger partial charge in [-0.15, -0.1) is 0 Å². The molecular formula is C9H9F2N3S. The Morgan fingerprint density at radius 1 is 1.53 bits per heavy atom. The maximum absolute atomic E-state index is 13.4. The Labute approximate surface area is 91.0 Å². The largest absolute Gasteiger partial charge is 0.375 e. The molecule has 0 saturated heterocycles. The van der Waals surface area contributed by atoms with Crippen molar-refractivity contribution in [2.75, 3.05) is 0 Å². The molecule has 0 aliphatic rings. The van der Waals surface area contributed by atoms with Crippen LogP contribution in [-0.4, -0.2) is 11.3 Å². The summed E-state index contributed by atoms with van der Waals surface area (Å²) in [5.74, 6) is -1.34. The van der Waals surface area contributed by atoms with Crippen LogP contribution in [0, 0.1) is 18.6 Å². The van der Waals surface area contributed by atoms with E-state index in [0.29, 0.717) is 5.56 Å². The summed E-state index contributed by atoms with van der Waals surface area (Å²) in [6.07, 6.45) is 0.997. The Bertz CT molecular complexity index is 418. The lowest BCUT2D eigenvalue weighted by Gasteiger charge is -2.01. The molecule has 0 saturated carbocycles. The zero-order valence-electron chi connectivity index (χ0n) is 7.92. The van der Waals surface area contributed by atoms with Crippen LogP contribution < -0.4 is 11.2 Å². The third kappa shape index (κ3) is 2.95. The number of rotatable bonds is 2. The molecule has 0 aliphatic heterocycles. The van der Waals surface area contributed by atoms with Crippen LogP contribution in [0.4, 0.5) is 8.78 Å². The lowest BCUT2D eigenvalue weighted by molar-refractivity contribution is 0.574. The highest BCUT2D eigenvalue weighted by atomic mass is 32.1. The number of aryl methyl sites for hydroxylation is 1. The zero-order chi connectivity index (χ0) is 11.4. The van der Waals surface area contributed by atoms with Gasteiger partial charge in [-0.2, -0.15) is 5.10 Å². The van der Waals surface area contributed by atoms with E-state index in [-0.39, 0.29) is 10.7 Å². The molecule has 0 amide bonds. The number of thiocarbonyl (C=S) groups is 1. The molecule has 0 bridgehead atoms. The van der Waals surface area contributed by atoms with Crippen LogP contribution in [0.3, 0.4) is 0 Å². The van der Waals surface area contributed by atoms with Crippen LogP contribution in [-0.2, 0) is 0 Å². The van der Waals surface area contributed by atoms with E-state index in [1.54, 1.807) is 0 Å². The molecule has 0 aliphatic carbocycles. The van der Waals surface area contributed by atoms with Gasteiger partial charge in [0.25, 0.3) is 0 Å². The third-order valence-electron chi connectivity index (χ3n) is 1.69. The summed E-state index contributed by atoms with van der Waals surface area (Å²) in [5.41, 5.74) is 7.41. The predicted octanol–water partition coefficient (Wildman–Crippen LogP) is 1.44. The number of nitrogens with zero attached hydrogens (tertiary/aromatic N) is 1. The highest BCUT2D eigenvalue weighted by Gasteiger charge is 2.08. The first-order valence-corrected chi connectivity index (χ1v) is 4.46. The Balaban J connectivity index is 2.98. The SMILES string of the molecule is Cc1ccc(F)c(C=NNC(N)=S)c1F. The molecule has 0 heterocycles. The summed E-state index contributed by atoms with van der Waals surface area (Å²) in [6.45, 7) is 1.53. The summed E-state index contributed by atoms with van der Waals surface area (Å²) < 4.78 is 26.5. The van der Waals surface area contributed by atoms with Gasteiger partial charge in [0.05, 0.1) is 11.8 Å². The smallest absolute Gasteiger partial charge is 0.184 e. The molecule has 0 fully saturated rings. The molecule has 1 rings (SSSR count). The molecule has 6 heteroatoms. The van der Waals surface area contributed by atoms with E-state index in [0.717, 1.165) is 6.21 Å². The van der Waals surface area contributed by atoms with Crippen LogP contribution in [0.25, 0.3) is 0 Å². The van der Waals surface area contributed by atoms with Crippen molar-refractivity contribution >= 4 is 23.5 Å². The van der Waals surface area contributed by atoms with Crippen LogP contribution in [0.2, 0.25) is 0 Å². The summed E-state index contributed by atoms with van der Waals surface area (Å²) in [6, 6.07) is 2.52. The van der Waals surface area contributed by atoms with E-state index >= 15 is 0 Å². The fourth-order valence-electron chi connectivity index (χ4n) is 0.957. The van der Waals surface area contributed by atoms with E-state index in [4.69, 9.17) is 5.73 Å². The number of nitrogens with two attached hydrogens (primary N) is 1. The van der Waals surface area contributed by atoms with E-state index < -0.39 is 11.6 Å². The Morgan fingerprint density at radius 3 is 2.80 bits per heavy atom. The maximum Gasteiger partial charge on any atom is 0.184 e. The molecule has 0 atom stereocenters. The van der Waals surface area contributed by atoms with Gasteiger partial charge < -0.3 is 5.73 Å². The maximum atomic E-state index is 13.4. The van der Waals surface area contributed by atoms with Gasteiger partial charge in [-0.1, -0.05) is 6.07 Å². The molecular weight excluding hydrogens is 220 g/mol. The highest BCUT2D eigenvalue weighted by Crippen LogP contribution is 2.13. The molecule has 3 nitrogen and oxygen atoms in total. The minimum absolute atomic E-state index is 0.0697. The van der Waals surface area contributed by atoms with Crippen molar-refractivity contribution in [1.82, 2.24) is 5.43 Å². The van der Waals surface area contributed by atoms with E-state index in [1.165, 1.54) is 19.1 Å². The van der Waals surface area contributed by atoms with Crippen LogP contribution in [0.15, 0.2) is 17.2 Å². The van der Waals surface area contributed by atoms with Crippen molar-refractivity contribution in [3.63, 3.8) is 0 Å². The van der Waals surface area contributed by atoms with Crippen molar-refractivity contribution in [3.05, 3.63) is 34.9 Å². The molecule has 80 valence electrons. The van der Waals surface area contributed by atoms with Crippen molar-refractivity contribution < 1.29 is 8.78 Å². The van der Waals surface area contributed by atoms with Gasteiger partial charge in [0.15, 0.2) is 5.11 Å². The van der Waals surface area contributed by atoms with Crippen molar-refractivity contribution in [1.29, 1.82) is 0 Å². The van der Waals surface area contributed by atoms with E-state index in [9.17, 15) is 8.78 Å². The lowest BCUT2D eigenvalue weighted by Crippen LogP contribution is -2.24. The number of halogens is 2. The highest BCUT2D eigenvalue weighted by molar-refractivity contribution is 7.80. The second-order valence-corrected chi connectivity index (χ2v) is 3.27. The molecule has 15 heavy (non-hydrogen) atoms. The zero-order valence-corrected chi connectivity index (χ0v) is 8.74. The van der Waals surface area contributed by atoms with E-state index in [1.807, 2.05) is 0 Å². The van der Waals surface area contributed by atoms with Crippen molar-refractivity contribution in [3.8, 4) is 0 Å². The second-order valence-electron chi connectivity index (χ2n) is 2.83. The average molecular weight is 229 g/mol. The standard InChI is InChI=1S/C9H9F2N3S/c1-5-2-3-7(10)6(8(5)11)4-13-14-9(12)15/h2-4H,1H3,(H3,12,14,15). The number of benzene rings is 1. The fourth-order valence-corrected chi connectivity index (χ4v) is 1.01. The monoisotopic (exact) mass is 229 g/mol. The first kappa shape index (κ1) is 11.5. The number of nitrogens with one attached hydrogen (secondary N) is 1. The Morgan fingerprint density at radius 2 is 2.20 bits per heavy atom. The molecule has 0 unspecified atom stereocenters. The topological polar surface area (TPSA) is 50.4 Å². The minimum Gasteiger partial charge on any atom is -0.375 e. The summed E-state index contributed by atoms with van der Waals surface area (Å²) >= 11 is 4.47. The molecule has 1 aromatic carbocycles. The third-order valence-corrected chi connectivity index (χ3v) is 1.78.